The Morgan fingerprint density at radius 3 is 2.78 bits per heavy atom. The van der Waals surface area contributed by atoms with Gasteiger partial charge in [0.25, 0.3) is 0 Å². The number of aromatic nitrogens is 2. The first-order valence-corrected chi connectivity index (χ1v) is 5.98. The molecule has 0 aromatic carbocycles. The number of hydrogen-bond donors (Lipinski definition) is 2. The highest BCUT2D eigenvalue weighted by Gasteiger charge is 2.05. The van der Waals surface area contributed by atoms with Crippen molar-refractivity contribution in [3.63, 3.8) is 0 Å². The van der Waals surface area contributed by atoms with Crippen LogP contribution in [0.3, 0.4) is 0 Å². The second kappa shape index (κ2) is 6.78. The molecular weight excluding hydrogens is 232 g/mol. The summed E-state index contributed by atoms with van der Waals surface area (Å²) in [6, 6.07) is 1.78. The van der Waals surface area contributed by atoms with E-state index in [0.29, 0.717) is 24.8 Å². The van der Waals surface area contributed by atoms with E-state index in [1.807, 2.05) is 20.8 Å². The summed E-state index contributed by atoms with van der Waals surface area (Å²) in [5.41, 5.74) is 0.822. The third-order valence-corrected chi connectivity index (χ3v) is 2.10. The topological polar surface area (TPSA) is 76.1 Å². The molecule has 0 unspecified atom stereocenters. The first kappa shape index (κ1) is 14.2. The number of rotatable bonds is 6. The van der Waals surface area contributed by atoms with Gasteiger partial charge in [0.1, 0.15) is 0 Å². The van der Waals surface area contributed by atoms with Crippen molar-refractivity contribution >= 4 is 11.9 Å². The van der Waals surface area contributed by atoms with E-state index < -0.39 is 0 Å². The number of carbonyl (C=O) groups is 1. The quantitative estimate of drug-likeness (QED) is 0.793. The van der Waals surface area contributed by atoms with Crippen molar-refractivity contribution < 1.29 is 9.53 Å². The number of hydrogen-bond acceptors (Lipinski definition) is 5. The molecule has 6 heteroatoms. The van der Waals surface area contributed by atoms with E-state index in [1.165, 1.54) is 0 Å². The lowest BCUT2D eigenvalue weighted by Gasteiger charge is -2.11. The molecule has 18 heavy (non-hydrogen) atoms. The van der Waals surface area contributed by atoms with Crippen molar-refractivity contribution in [3.05, 3.63) is 11.8 Å². The molecule has 6 nitrogen and oxygen atoms in total. The third-order valence-electron chi connectivity index (χ3n) is 2.10. The molecule has 100 valence electrons. The molecule has 0 fully saturated rings. The van der Waals surface area contributed by atoms with Crippen LogP contribution < -0.4 is 15.4 Å². The Morgan fingerprint density at radius 1 is 1.44 bits per heavy atom. The van der Waals surface area contributed by atoms with Crippen LogP contribution in [0.4, 0.5) is 5.95 Å². The molecule has 1 aromatic heterocycles. The minimum absolute atomic E-state index is 0.0196. The van der Waals surface area contributed by atoms with E-state index in [9.17, 15) is 4.79 Å². The van der Waals surface area contributed by atoms with E-state index in [0.717, 1.165) is 5.69 Å². The van der Waals surface area contributed by atoms with Crippen molar-refractivity contribution in [1.82, 2.24) is 15.3 Å². The molecule has 0 spiro atoms. The van der Waals surface area contributed by atoms with E-state index >= 15 is 0 Å². The van der Waals surface area contributed by atoms with Gasteiger partial charge in [-0.05, 0) is 20.8 Å². The summed E-state index contributed by atoms with van der Waals surface area (Å²) >= 11 is 0. The second-order valence-electron chi connectivity index (χ2n) is 4.19. The van der Waals surface area contributed by atoms with Gasteiger partial charge in [-0.3, -0.25) is 4.79 Å². The molecule has 1 heterocycles. The van der Waals surface area contributed by atoms with Gasteiger partial charge in [0, 0.05) is 31.8 Å². The van der Waals surface area contributed by atoms with Gasteiger partial charge in [0.2, 0.25) is 17.7 Å². The normalized spacial score (nSPS) is 10.3. The molecule has 0 radical (unpaired) electrons. The summed E-state index contributed by atoms with van der Waals surface area (Å²) in [6.07, 6.45) is 0.451. The highest BCUT2D eigenvalue weighted by Crippen LogP contribution is 2.13. The average Bonchev–Trinajstić information content (AvgIpc) is 2.27. The van der Waals surface area contributed by atoms with Crippen LogP contribution >= 0.6 is 0 Å². The zero-order chi connectivity index (χ0) is 13.5. The fourth-order valence-corrected chi connectivity index (χ4v) is 1.33. The highest BCUT2D eigenvalue weighted by molar-refractivity contribution is 5.75. The van der Waals surface area contributed by atoms with Crippen molar-refractivity contribution in [2.45, 2.75) is 33.3 Å². The molecule has 0 saturated carbocycles. The highest BCUT2D eigenvalue weighted by atomic mass is 16.5. The monoisotopic (exact) mass is 252 g/mol. The van der Waals surface area contributed by atoms with Gasteiger partial charge in [-0.1, -0.05) is 0 Å². The molecule has 1 amide bonds. The van der Waals surface area contributed by atoms with Gasteiger partial charge in [-0.15, -0.1) is 0 Å². The number of aryl methyl sites for hydroxylation is 1. The molecule has 0 atom stereocenters. The van der Waals surface area contributed by atoms with E-state index in [4.69, 9.17) is 4.74 Å². The first-order valence-electron chi connectivity index (χ1n) is 5.98. The zero-order valence-electron chi connectivity index (χ0n) is 11.3. The van der Waals surface area contributed by atoms with Crippen molar-refractivity contribution in [2.75, 3.05) is 18.9 Å². The summed E-state index contributed by atoms with van der Waals surface area (Å²) in [5.74, 6) is 1.00. The lowest BCUT2D eigenvalue weighted by atomic mass is 10.4. The predicted molar refractivity (Wildman–Crippen MR) is 69.7 cm³/mol. The van der Waals surface area contributed by atoms with Gasteiger partial charge in [-0.2, -0.15) is 4.98 Å². The molecule has 2 N–H and O–H groups in total. The number of anilines is 1. The van der Waals surface area contributed by atoms with Crippen LogP contribution in [-0.2, 0) is 4.79 Å². The number of nitrogens with one attached hydrogen (secondary N) is 2. The van der Waals surface area contributed by atoms with Gasteiger partial charge in [0.05, 0.1) is 6.10 Å². The van der Waals surface area contributed by atoms with Gasteiger partial charge in [-0.25, -0.2) is 4.98 Å². The maximum atomic E-state index is 11.1. The molecule has 0 aliphatic rings. The molecule has 0 aliphatic carbocycles. The van der Waals surface area contributed by atoms with Crippen LogP contribution in [0, 0.1) is 6.92 Å². The number of ether oxygens (including phenoxy) is 1. The summed E-state index contributed by atoms with van der Waals surface area (Å²) in [5, 5.41) is 5.56. The van der Waals surface area contributed by atoms with Crippen molar-refractivity contribution in [1.29, 1.82) is 0 Å². The smallest absolute Gasteiger partial charge is 0.226 e. The molecule has 1 aromatic rings. The predicted octanol–water partition coefficient (Wildman–Crippen LogP) is 1.12. The Kier molecular flexibility index (Phi) is 5.35. The maximum absolute atomic E-state index is 11.1. The lowest BCUT2D eigenvalue weighted by molar-refractivity contribution is -0.120. The van der Waals surface area contributed by atoms with Gasteiger partial charge >= 0.3 is 0 Å². The van der Waals surface area contributed by atoms with Gasteiger partial charge in [0.15, 0.2) is 0 Å². The van der Waals surface area contributed by atoms with Crippen LogP contribution in [-0.4, -0.2) is 35.6 Å². The minimum Gasteiger partial charge on any atom is -0.475 e. The average molecular weight is 252 g/mol. The molecule has 1 rings (SSSR count). The van der Waals surface area contributed by atoms with E-state index in [-0.39, 0.29) is 12.0 Å². The summed E-state index contributed by atoms with van der Waals surface area (Å²) in [6.45, 7) is 6.25. The maximum Gasteiger partial charge on any atom is 0.226 e. The van der Waals surface area contributed by atoms with Crippen LogP contribution in [0.1, 0.15) is 26.0 Å². The standard InChI is InChI=1S/C12H20N4O2/c1-8(2)18-11-7-9(3)15-12(16-11)14-6-5-10(17)13-4/h7-8H,5-6H2,1-4H3,(H,13,17)(H,14,15,16). The van der Waals surface area contributed by atoms with E-state index in [2.05, 4.69) is 20.6 Å². The largest absolute Gasteiger partial charge is 0.475 e. The number of carbonyl (C=O) groups excluding carboxylic acids is 1. The fraction of sp³-hybridized carbons (Fsp3) is 0.583. The Bertz CT molecular complexity index is 407. The lowest BCUT2D eigenvalue weighted by Crippen LogP contribution is -2.21. The summed E-state index contributed by atoms with van der Waals surface area (Å²) < 4.78 is 5.51. The molecule has 0 aliphatic heterocycles. The minimum atomic E-state index is -0.0196. The van der Waals surface area contributed by atoms with E-state index in [1.54, 1.807) is 13.1 Å². The van der Waals surface area contributed by atoms with Crippen molar-refractivity contribution in [2.24, 2.45) is 0 Å². The first-order chi connectivity index (χ1) is 8.51. The van der Waals surface area contributed by atoms with Crippen LogP contribution in [0.2, 0.25) is 0 Å². The zero-order valence-corrected chi connectivity index (χ0v) is 11.3. The van der Waals surface area contributed by atoms with Crippen LogP contribution in [0.25, 0.3) is 0 Å². The Hall–Kier alpha value is -1.85. The van der Waals surface area contributed by atoms with Gasteiger partial charge < -0.3 is 15.4 Å². The van der Waals surface area contributed by atoms with Crippen LogP contribution in [0.15, 0.2) is 6.07 Å². The Balaban J connectivity index is 2.59. The molecule has 0 saturated heterocycles. The summed E-state index contributed by atoms with van der Waals surface area (Å²) in [7, 11) is 1.61. The van der Waals surface area contributed by atoms with Crippen molar-refractivity contribution in [3.8, 4) is 5.88 Å². The fourth-order valence-electron chi connectivity index (χ4n) is 1.33. The molecule has 0 bridgehead atoms. The van der Waals surface area contributed by atoms with Crippen LogP contribution in [0.5, 0.6) is 5.88 Å². The summed E-state index contributed by atoms with van der Waals surface area (Å²) in [4.78, 5) is 19.5. The second-order valence-corrected chi connectivity index (χ2v) is 4.19. The third kappa shape index (κ3) is 4.99. The Labute approximate surface area is 107 Å². The Morgan fingerprint density at radius 2 is 2.17 bits per heavy atom. The number of nitrogens with zero attached hydrogens (tertiary/aromatic N) is 2. The molecular formula is C12H20N4O2. The number of amides is 1. The SMILES string of the molecule is CNC(=O)CCNc1nc(C)cc(OC(C)C)n1.